The average molecular weight is 508 g/mol. The summed E-state index contributed by atoms with van der Waals surface area (Å²) in [6.45, 7) is 10.9. The first-order chi connectivity index (χ1) is 17.2. The van der Waals surface area contributed by atoms with Crippen molar-refractivity contribution in [1.82, 2.24) is 14.9 Å². The Labute approximate surface area is 218 Å². The number of ether oxygens (including phenoxy) is 2. The maximum Gasteiger partial charge on any atom is 0.306 e. The van der Waals surface area contributed by atoms with E-state index in [0.717, 1.165) is 53.5 Å². The number of carbonyl (C=O) groups excluding carboxylic acids is 1. The molecule has 190 valence electrons. The number of rotatable bonds is 9. The summed E-state index contributed by atoms with van der Waals surface area (Å²) >= 11 is 5.95. The molecule has 1 aliphatic heterocycles. The molecule has 0 spiro atoms. The largest absolute Gasteiger partial charge is 0.489 e. The number of aromatic nitrogens is 2. The Kier molecular flexibility index (Phi) is 8.27. The number of hydrogen-bond acceptors (Lipinski definition) is 6. The fourth-order valence-corrected chi connectivity index (χ4v) is 4.64. The van der Waals surface area contributed by atoms with Crippen molar-refractivity contribution < 1.29 is 14.3 Å². The molecule has 0 amide bonds. The number of nitrogens with zero attached hydrogens (tertiary/aromatic N) is 3. The van der Waals surface area contributed by atoms with Gasteiger partial charge >= 0.3 is 5.97 Å². The van der Waals surface area contributed by atoms with Gasteiger partial charge in [0.1, 0.15) is 12.4 Å². The molecule has 4 rings (SSSR count). The van der Waals surface area contributed by atoms with E-state index >= 15 is 0 Å². The summed E-state index contributed by atoms with van der Waals surface area (Å²) in [5.74, 6) is 1.60. The van der Waals surface area contributed by atoms with Gasteiger partial charge in [-0.1, -0.05) is 30.7 Å². The quantitative estimate of drug-likeness (QED) is 0.326. The van der Waals surface area contributed by atoms with Crippen molar-refractivity contribution in [2.75, 3.05) is 13.2 Å². The van der Waals surface area contributed by atoms with E-state index in [1.807, 2.05) is 61.7 Å². The van der Waals surface area contributed by atoms with E-state index in [1.54, 1.807) is 0 Å². The normalized spacial score (nSPS) is 15.7. The van der Waals surface area contributed by atoms with Crippen molar-refractivity contribution in [2.45, 2.75) is 59.2 Å². The maximum atomic E-state index is 11.9. The summed E-state index contributed by atoms with van der Waals surface area (Å²) in [6.07, 6.45) is 3.20. The van der Waals surface area contributed by atoms with Gasteiger partial charge in [-0.3, -0.25) is 9.69 Å². The molecule has 1 atom stereocenters. The number of hydrogen-bond donors (Lipinski definition) is 0. The second kappa shape index (κ2) is 11.4. The molecule has 0 bridgehead atoms. The minimum atomic E-state index is -0.130. The highest BCUT2D eigenvalue weighted by Gasteiger charge is 2.35. The molecule has 0 fully saturated rings. The molecule has 1 aliphatic rings. The number of halogens is 1. The minimum absolute atomic E-state index is 0.0685. The van der Waals surface area contributed by atoms with Crippen LogP contribution < -0.4 is 4.74 Å². The van der Waals surface area contributed by atoms with E-state index in [1.165, 1.54) is 0 Å². The van der Waals surface area contributed by atoms with Gasteiger partial charge in [-0.15, -0.1) is 0 Å². The van der Waals surface area contributed by atoms with Crippen LogP contribution >= 0.6 is 11.6 Å². The number of carbonyl (C=O) groups is 1. The standard InChI is InChI=1S/C29H34ClN3O3/c1-5-35-27(34)14-20(2)17-33-18-23-16-31-28(32-26(23)15-29(33,3)4)22-8-12-25(13-9-22)36-19-21-6-10-24(30)11-7-21/h6-13,16,20H,5,14-15,17-19H2,1-4H3. The van der Waals surface area contributed by atoms with Gasteiger partial charge in [0.15, 0.2) is 5.82 Å². The SMILES string of the molecule is CCOC(=O)CC(C)CN1Cc2cnc(-c3ccc(OCc4ccc(Cl)cc4)cc3)nc2CC1(C)C. The predicted molar refractivity (Wildman–Crippen MR) is 142 cm³/mol. The summed E-state index contributed by atoms with van der Waals surface area (Å²) in [7, 11) is 0. The summed E-state index contributed by atoms with van der Waals surface area (Å²) in [6, 6.07) is 15.5. The average Bonchev–Trinajstić information content (AvgIpc) is 2.84. The Morgan fingerprint density at radius 1 is 1.14 bits per heavy atom. The van der Waals surface area contributed by atoms with Crippen molar-refractivity contribution in [3.05, 3.63) is 76.6 Å². The Hall–Kier alpha value is -2.96. The second-order valence-corrected chi connectivity index (χ2v) is 10.5. The van der Waals surface area contributed by atoms with Crippen LogP contribution in [0.25, 0.3) is 11.4 Å². The second-order valence-electron chi connectivity index (χ2n) is 10.1. The molecule has 0 radical (unpaired) electrons. The Morgan fingerprint density at radius 3 is 2.56 bits per heavy atom. The molecule has 2 heterocycles. The van der Waals surface area contributed by atoms with Crippen molar-refractivity contribution in [1.29, 1.82) is 0 Å². The van der Waals surface area contributed by atoms with Crippen LogP contribution in [0.1, 0.15) is 50.9 Å². The molecule has 0 aliphatic carbocycles. The van der Waals surface area contributed by atoms with Crippen LogP contribution in [-0.2, 0) is 29.1 Å². The minimum Gasteiger partial charge on any atom is -0.489 e. The van der Waals surface area contributed by atoms with Gasteiger partial charge in [0, 0.05) is 53.8 Å². The molecule has 1 unspecified atom stereocenters. The first-order valence-corrected chi connectivity index (χ1v) is 12.8. The first-order valence-electron chi connectivity index (χ1n) is 12.5. The number of esters is 1. The van der Waals surface area contributed by atoms with Crippen LogP contribution in [0.5, 0.6) is 5.75 Å². The molecule has 3 aromatic rings. The lowest BCUT2D eigenvalue weighted by Gasteiger charge is -2.43. The predicted octanol–water partition coefficient (Wildman–Crippen LogP) is 6.10. The summed E-state index contributed by atoms with van der Waals surface area (Å²) in [4.78, 5) is 23.9. The summed E-state index contributed by atoms with van der Waals surface area (Å²) < 4.78 is 11.0. The van der Waals surface area contributed by atoms with Gasteiger partial charge in [0.25, 0.3) is 0 Å². The zero-order chi connectivity index (χ0) is 25.7. The molecule has 0 N–H and O–H groups in total. The maximum absolute atomic E-state index is 11.9. The van der Waals surface area contributed by atoms with Gasteiger partial charge in [-0.2, -0.15) is 0 Å². The fourth-order valence-electron chi connectivity index (χ4n) is 4.51. The van der Waals surface area contributed by atoms with Crippen LogP contribution in [0.15, 0.2) is 54.7 Å². The lowest BCUT2D eigenvalue weighted by Crippen LogP contribution is -2.50. The molecular formula is C29H34ClN3O3. The smallest absolute Gasteiger partial charge is 0.306 e. The highest BCUT2D eigenvalue weighted by molar-refractivity contribution is 6.30. The van der Waals surface area contributed by atoms with E-state index in [2.05, 4.69) is 30.7 Å². The highest BCUT2D eigenvalue weighted by Crippen LogP contribution is 2.32. The lowest BCUT2D eigenvalue weighted by atomic mass is 9.88. The Bertz CT molecular complexity index is 1180. The van der Waals surface area contributed by atoms with Gasteiger partial charge in [0.2, 0.25) is 0 Å². The molecule has 6 nitrogen and oxygen atoms in total. The van der Waals surface area contributed by atoms with Crippen LogP contribution in [0, 0.1) is 5.92 Å². The third-order valence-electron chi connectivity index (χ3n) is 6.56. The zero-order valence-electron chi connectivity index (χ0n) is 21.5. The number of benzene rings is 2. The number of fused-ring (bicyclic) bond motifs is 1. The van der Waals surface area contributed by atoms with E-state index < -0.39 is 0 Å². The van der Waals surface area contributed by atoms with E-state index in [-0.39, 0.29) is 17.4 Å². The Balaban J connectivity index is 1.40. The van der Waals surface area contributed by atoms with Crippen LogP contribution in [0.3, 0.4) is 0 Å². The van der Waals surface area contributed by atoms with E-state index in [4.69, 9.17) is 26.1 Å². The van der Waals surface area contributed by atoms with Crippen molar-refractivity contribution in [2.24, 2.45) is 5.92 Å². The van der Waals surface area contributed by atoms with Gasteiger partial charge < -0.3 is 9.47 Å². The van der Waals surface area contributed by atoms with Crippen LogP contribution in [-0.4, -0.2) is 39.5 Å². The summed E-state index contributed by atoms with van der Waals surface area (Å²) in [5, 5.41) is 0.716. The molecule has 0 saturated heterocycles. The molecule has 7 heteroatoms. The van der Waals surface area contributed by atoms with Gasteiger partial charge in [-0.05, 0) is 68.7 Å². The molecule has 1 aromatic heterocycles. The van der Waals surface area contributed by atoms with E-state index in [9.17, 15) is 4.79 Å². The first kappa shape index (κ1) is 26.1. The topological polar surface area (TPSA) is 64.5 Å². The third kappa shape index (κ3) is 6.62. The highest BCUT2D eigenvalue weighted by atomic mass is 35.5. The monoisotopic (exact) mass is 507 g/mol. The lowest BCUT2D eigenvalue weighted by molar-refractivity contribution is -0.144. The van der Waals surface area contributed by atoms with Crippen LogP contribution in [0.4, 0.5) is 0 Å². The van der Waals surface area contributed by atoms with Crippen LogP contribution in [0.2, 0.25) is 5.02 Å². The van der Waals surface area contributed by atoms with Gasteiger partial charge in [0.05, 0.1) is 12.3 Å². The summed E-state index contributed by atoms with van der Waals surface area (Å²) in [5.41, 5.74) is 4.18. The molecule has 0 saturated carbocycles. The fraction of sp³-hybridized carbons (Fsp3) is 0.414. The van der Waals surface area contributed by atoms with E-state index in [0.29, 0.717) is 24.7 Å². The molecule has 36 heavy (non-hydrogen) atoms. The molecule has 2 aromatic carbocycles. The zero-order valence-corrected chi connectivity index (χ0v) is 22.2. The third-order valence-corrected chi connectivity index (χ3v) is 6.81. The molecular weight excluding hydrogens is 474 g/mol. The Morgan fingerprint density at radius 2 is 1.86 bits per heavy atom. The van der Waals surface area contributed by atoms with Crippen molar-refractivity contribution in [3.63, 3.8) is 0 Å². The van der Waals surface area contributed by atoms with Crippen molar-refractivity contribution in [3.8, 4) is 17.1 Å². The van der Waals surface area contributed by atoms with Gasteiger partial charge in [-0.25, -0.2) is 9.97 Å². The van der Waals surface area contributed by atoms with Crippen molar-refractivity contribution >= 4 is 17.6 Å².